The van der Waals surface area contributed by atoms with Crippen LogP contribution < -0.4 is 4.74 Å². The number of aromatic hydroxyl groups is 2. The van der Waals surface area contributed by atoms with Gasteiger partial charge in [0.1, 0.15) is 22.8 Å². The van der Waals surface area contributed by atoms with Gasteiger partial charge in [-0.05, 0) is 18.6 Å². The number of ketones is 1. The van der Waals surface area contributed by atoms with Crippen molar-refractivity contribution in [2.75, 3.05) is 7.11 Å². The molecule has 0 aliphatic rings. The van der Waals surface area contributed by atoms with Crippen molar-refractivity contribution < 1.29 is 19.7 Å². The molecule has 2 rings (SSSR count). The van der Waals surface area contributed by atoms with Crippen molar-refractivity contribution in [3.8, 4) is 17.2 Å². The Labute approximate surface area is 122 Å². The van der Waals surface area contributed by atoms with Crippen LogP contribution in [0.3, 0.4) is 0 Å². The van der Waals surface area contributed by atoms with Crippen LogP contribution in [-0.2, 0) is 0 Å². The van der Waals surface area contributed by atoms with E-state index >= 15 is 0 Å². The lowest BCUT2D eigenvalue weighted by Gasteiger charge is -2.08. The molecule has 0 heterocycles. The predicted molar refractivity (Wildman–Crippen MR) is 80.9 cm³/mol. The Balaban J connectivity index is 2.30. The number of carbonyl (C=O) groups is 1. The summed E-state index contributed by atoms with van der Waals surface area (Å²) >= 11 is 0. The molecule has 0 amide bonds. The minimum absolute atomic E-state index is 0.0265. The number of aryl methyl sites for hydroxylation is 1. The van der Waals surface area contributed by atoms with Crippen LogP contribution in [-0.4, -0.2) is 23.1 Å². The van der Waals surface area contributed by atoms with Crippen LogP contribution in [0.15, 0.2) is 42.5 Å². The molecular weight excluding hydrogens is 268 g/mol. The zero-order valence-electron chi connectivity index (χ0n) is 11.8. The van der Waals surface area contributed by atoms with E-state index < -0.39 is 5.78 Å². The van der Waals surface area contributed by atoms with Crippen molar-refractivity contribution in [2.45, 2.75) is 6.92 Å². The highest BCUT2D eigenvalue weighted by Gasteiger charge is 2.16. The molecule has 21 heavy (non-hydrogen) atoms. The summed E-state index contributed by atoms with van der Waals surface area (Å²) < 4.78 is 5.02. The van der Waals surface area contributed by atoms with Gasteiger partial charge in [0.25, 0.3) is 0 Å². The molecule has 108 valence electrons. The lowest BCUT2D eigenvalue weighted by Crippen LogP contribution is -1.99. The Morgan fingerprint density at radius 3 is 2.43 bits per heavy atom. The molecule has 0 spiro atoms. The molecule has 0 aromatic heterocycles. The summed E-state index contributed by atoms with van der Waals surface area (Å²) in [7, 11) is 1.37. The largest absolute Gasteiger partial charge is 0.508 e. The Kier molecular flexibility index (Phi) is 4.28. The monoisotopic (exact) mass is 284 g/mol. The van der Waals surface area contributed by atoms with Crippen LogP contribution in [0, 0.1) is 6.92 Å². The summed E-state index contributed by atoms with van der Waals surface area (Å²) in [6.07, 6.45) is 3.02. The van der Waals surface area contributed by atoms with Crippen LogP contribution in [0.25, 0.3) is 6.08 Å². The highest BCUT2D eigenvalue weighted by atomic mass is 16.5. The molecule has 0 aliphatic carbocycles. The van der Waals surface area contributed by atoms with Crippen molar-refractivity contribution in [1.29, 1.82) is 0 Å². The van der Waals surface area contributed by atoms with Gasteiger partial charge in [0, 0.05) is 12.1 Å². The smallest absolute Gasteiger partial charge is 0.193 e. The molecule has 0 fully saturated rings. The van der Waals surface area contributed by atoms with E-state index in [0.717, 1.165) is 17.2 Å². The molecule has 0 bridgehead atoms. The summed E-state index contributed by atoms with van der Waals surface area (Å²) in [6.45, 7) is 1.98. The van der Waals surface area contributed by atoms with E-state index in [-0.39, 0.29) is 22.8 Å². The van der Waals surface area contributed by atoms with Gasteiger partial charge in [0.15, 0.2) is 5.78 Å². The number of phenols is 2. The number of hydrogen-bond acceptors (Lipinski definition) is 4. The van der Waals surface area contributed by atoms with E-state index in [9.17, 15) is 15.0 Å². The van der Waals surface area contributed by atoms with E-state index in [4.69, 9.17) is 4.74 Å². The minimum atomic E-state index is -0.398. The number of phenolic OH excluding ortho intramolecular Hbond substituents is 2. The second kappa shape index (κ2) is 6.13. The molecule has 2 N–H and O–H groups in total. The van der Waals surface area contributed by atoms with Crippen LogP contribution in [0.5, 0.6) is 17.2 Å². The van der Waals surface area contributed by atoms with Gasteiger partial charge >= 0.3 is 0 Å². The summed E-state index contributed by atoms with van der Waals surface area (Å²) in [5.41, 5.74) is 2.04. The van der Waals surface area contributed by atoms with Crippen LogP contribution >= 0.6 is 0 Å². The second-order valence-electron chi connectivity index (χ2n) is 4.65. The maximum absolute atomic E-state index is 12.2. The third-order valence-corrected chi connectivity index (χ3v) is 3.04. The zero-order chi connectivity index (χ0) is 15.4. The minimum Gasteiger partial charge on any atom is -0.508 e. The first-order valence-electron chi connectivity index (χ1n) is 6.40. The summed E-state index contributed by atoms with van der Waals surface area (Å²) in [5, 5.41) is 19.2. The van der Waals surface area contributed by atoms with Crippen molar-refractivity contribution in [1.82, 2.24) is 0 Å². The van der Waals surface area contributed by atoms with Crippen LogP contribution in [0.2, 0.25) is 0 Å². The fourth-order valence-corrected chi connectivity index (χ4v) is 1.93. The average Bonchev–Trinajstić information content (AvgIpc) is 2.45. The van der Waals surface area contributed by atoms with Crippen LogP contribution in [0.1, 0.15) is 21.5 Å². The quantitative estimate of drug-likeness (QED) is 0.667. The first kappa shape index (κ1) is 14.7. The SMILES string of the molecule is COc1cc(O)cc(O)c1C(=O)/C=C/c1ccc(C)cc1. The maximum atomic E-state index is 12.2. The number of allylic oxidation sites excluding steroid dienone is 1. The molecule has 0 aliphatic heterocycles. The molecule has 0 unspecified atom stereocenters. The Morgan fingerprint density at radius 1 is 1.14 bits per heavy atom. The van der Waals surface area contributed by atoms with Gasteiger partial charge in [0.2, 0.25) is 0 Å². The highest BCUT2D eigenvalue weighted by molar-refractivity contribution is 6.10. The van der Waals surface area contributed by atoms with Gasteiger partial charge < -0.3 is 14.9 Å². The van der Waals surface area contributed by atoms with E-state index in [1.807, 2.05) is 31.2 Å². The molecule has 4 nitrogen and oxygen atoms in total. The van der Waals surface area contributed by atoms with Gasteiger partial charge in [0.05, 0.1) is 7.11 Å². The highest BCUT2D eigenvalue weighted by Crippen LogP contribution is 2.33. The third kappa shape index (κ3) is 3.42. The van der Waals surface area contributed by atoms with Gasteiger partial charge in [-0.2, -0.15) is 0 Å². The number of methoxy groups -OCH3 is 1. The van der Waals surface area contributed by atoms with Gasteiger partial charge in [-0.15, -0.1) is 0 Å². The first-order valence-corrected chi connectivity index (χ1v) is 6.40. The standard InChI is InChI=1S/C17H16O4/c1-11-3-5-12(6-4-11)7-8-14(19)17-15(20)9-13(18)10-16(17)21-2/h3-10,18,20H,1-2H3/b8-7+. The van der Waals surface area contributed by atoms with Crippen molar-refractivity contribution in [3.63, 3.8) is 0 Å². The number of carbonyl (C=O) groups excluding carboxylic acids is 1. The van der Waals surface area contributed by atoms with E-state index in [1.165, 1.54) is 19.3 Å². The number of ether oxygens (including phenoxy) is 1. The molecule has 0 saturated carbocycles. The van der Waals surface area contributed by atoms with Crippen molar-refractivity contribution >= 4 is 11.9 Å². The Morgan fingerprint density at radius 2 is 1.81 bits per heavy atom. The third-order valence-electron chi connectivity index (χ3n) is 3.04. The molecule has 0 atom stereocenters. The summed E-state index contributed by atoms with van der Waals surface area (Å²) in [6, 6.07) is 10.1. The molecule has 2 aromatic rings. The molecule has 2 aromatic carbocycles. The van der Waals surface area contributed by atoms with Crippen LogP contribution in [0.4, 0.5) is 0 Å². The number of rotatable bonds is 4. The molecule has 4 heteroatoms. The fraction of sp³-hybridized carbons (Fsp3) is 0.118. The Bertz CT molecular complexity index is 685. The lowest BCUT2D eigenvalue weighted by molar-refractivity contribution is 0.104. The van der Waals surface area contributed by atoms with Gasteiger partial charge in [-0.1, -0.05) is 35.9 Å². The fourth-order valence-electron chi connectivity index (χ4n) is 1.93. The van der Waals surface area contributed by atoms with Crippen molar-refractivity contribution in [3.05, 3.63) is 59.2 Å². The van der Waals surface area contributed by atoms with E-state index in [0.29, 0.717) is 0 Å². The molecule has 0 radical (unpaired) electrons. The summed E-state index contributed by atoms with van der Waals surface area (Å²) in [4.78, 5) is 12.2. The van der Waals surface area contributed by atoms with E-state index in [1.54, 1.807) is 6.08 Å². The lowest BCUT2D eigenvalue weighted by atomic mass is 10.1. The zero-order valence-corrected chi connectivity index (χ0v) is 11.8. The Hall–Kier alpha value is -2.75. The normalized spacial score (nSPS) is 10.8. The summed E-state index contributed by atoms with van der Waals surface area (Å²) in [5.74, 6) is -0.746. The maximum Gasteiger partial charge on any atom is 0.193 e. The number of benzene rings is 2. The second-order valence-corrected chi connectivity index (χ2v) is 4.65. The first-order chi connectivity index (χ1) is 10.0. The molecular formula is C17H16O4. The van der Waals surface area contributed by atoms with E-state index in [2.05, 4.69) is 0 Å². The molecule has 0 saturated heterocycles. The van der Waals surface area contributed by atoms with Gasteiger partial charge in [-0.3, -0.25) is 4.79 Å². The predicted octanol–water partition coefficient (Wildman–Crippen LogP) is 3.31. The average molecular weight is 284 g/mol. The van der Waals surface area contributed by atoms with Gasteiger partial charge in [-0.25, -0.2) is 0 Å². The number of hydrogen-bond donors (Lipinski definition) is 2. The van der Waals surface area contributed by atoms with Crippen molar-refractivity contribution in [2.24, 2.45) is 0 Å². The topological polar surface area (TPSA) is 66.8 Å².